The van der Waals surface area contributed by atoms with E-state index >= 15 is 0 Å². The summed E-state index contributed by atoms with van der Waals surface area (Å²) in [6, 6.07) is 16.1. The summed E-state index contributed by atoms with van der Waals surface area (Å²) in [4.78, 5) is 6.34. The van der Waals surface area contributed by atoms with E-state index in [4.69, 9.17) is 4.74 Å². The summed E-state index contributed by atoms with van der Waals surface area (Å²) in [6.45, 7) is 1.96. The Balaban J connectivity index is 1.66. The van der Waals surface area contributed by atoms with Gasteiger partial charge in [-0.25, -0.2) is 0 Å². The highest BCUT2D eigenvalue weighted by atomic mass is 16.5. The van der Waals surface area contributed by atoms with Crippen molar-refractivity contribution >= 4 is 11.4 Å². The molecule has 0 amide bonds. The lowest BCUT2D eigenvalue weighted by atomic mass is 9.99. The van der Waals surface area contributed by atoms with Crippen molar-refractivity contribution in [3.63, 3.8) is 0 Å². The van der Waals surface area contributed by atoms with E-state index in [-0.39, 0.29) is 5.75 Å². The summed E-state index contributed by atoms with van der Waals surface area (Å²) in [5.41, 5.74) is 3.69. The van der Waals surface area contributed by atoms with E-state index in [1.807, 2.05) is 42.5 Å². The maximum Gasteiger partial charge on any atom is 0.155 e. The Morgan fingerprint density at radius 3 is 2.56 bits per heavy atom. The molecule has 2 aromatic carbocycles. The zero-order chi connectivity index (χ0) is 18.2. The molecule has 0 spiro atoms. The minimum absolute atomic E-state index is 0.243. The molecule has 2 aliphatic rings. The molecule has 0 bridgehead atoms. The second kappa shape index (κ2) is 6.59. The number of phenols is 1. The molecule has 5 rings (SSSR count). The van der Waals surface area contributed by atoms with Gasteiger partial charge in [-0.2, -0.15) is 0 Å². The Labute approximate surface area is 158 Å². The van der Waals surface area contributed by atoms with Crippen LogP contribution < -0.4 is 15.0 Å². The first-order chi connectivity index (χ1) is 13.3. The highest BCUT2D eigenvalue weighted by molar-refractivity contribution is 5.85. The number of piperidine rings is 1. The summed E-state index contributed by atoms with van der Waals surface area (Å²) in [5, 5.41) is 14.4. The van der Waals surface area contributed by atoms with E-state index in [1.165, 1.54) is 0 Å². The SMILES string of the molecule is Oc1cc(-c2ccncc2)cc2c1N(C1CCNCC1)c1ccccc1O2. The molecule has 0 atom stereocenters. The van der Waals surface area contributed by atoms with Gasteiger partial charge in [0.1, 0.15) is 11.4 Å². The fourth-order valence-corrected chi connectivity index (χ4v) is 4.05. The zero-order valence-electron chi connectivity index (χ0n) is 14.9. The van der Waals surface area contributed by atoms with Crippen LogP contribution in [0.2, 0.25) is 0 Å². The number of ether oxygens (including phenoxy) is 1. The van der Waals surface area contributed by atoms with Crippen LogP contribution in [0.15, 0.2) is 60.9 Å². The van der Waals surface area contributed by atoms with Crippen molar-refractivity contribution in [1.29, 1.82) is 0 Å². The fourth-order valence-electron chi connectivity index (χ4n) is 4.05. The number of rotatable bonds is 2. The molecule has 2 aliphatic heterocycles. The van der Waals surface area contributed by atoms with Gasteiger partial charge in [-0.1, -0.05) is 12.1 Å². The van der Waals surface area contributed by atoms with Crippen molar-refractivity contribution in [3.05, 3.63) is 60.9 Å². The summed E-state index contributed by atoms with van der Waals surface area (Å²) < 4.78 is 6.21. The Hall–Kier alpha value is -3.05. The van der Waals surface area contributed by atoms with Gasteiger partial charge in [-0.3, -0.25) is 4.98 Å². The molecule has 3 heterocycles. The molecule has 2 N–H and O–H groups in total. The third-order valence-corrected chi connectivity index (χ3v) is 5.33. The second-order valence-corrected chi connectivity index (χ2v) is 7.00. The van der Waals surface area contributed by atoms with Crippen LogP contribution in [0.1, 0.15) is 12.8 Å². The molecular formula is C22H21N3O2. The number of hydrogen-bond acceptors (Lipinski definition) is 5. The van der Waals surface area contributed by atoms with Crippen molar-refractivity contribution in [2.45, 2.75) is 18.9 Å². The van der Waals surface area contributed by atoms with Crippen LogP contribution in [0.25, 0.3) is 11.1 Å². The van der Waals surface area contributed by atoms with Gasteiger partial charge in [-0.05, 0) is 73.5 Å². The van der Waals surface area contributed by atoms with Crippen molar-refractivity contribution < 1.29 is 9.84 Å². The van der Waals surface area contributed by atoms with Crippen LogP contribution in [-0.2, 0) is 0 Å². The Kier molecular flexibility index (Phi) is 3.94. The molecule has 1 aromatic heterocycles. The van der Waals surface area contributed by atoms with Crippen LogP contribution in [0.3, 0.4) is 0 Å². The molecule has 27 heavy (non-hydrogen) atoms. The van der Waals surface area contributed by atoms with Gasteiger partial charge in [0.05, 0.1) is 5.69 Å². The average Bonchev–Trinajstić information content (AvgIpc) is 2.73. The Bertz CT molecular complexity index is 969. The van der Waals surface area contributed by atoms with Gasteiger partial charge in [0, 0.05) is 18.4 Å². The first kappa shape index (κ1) is 16.1. The predicted octanol–water partition coefficient (Wildman–Crippen LogP) is 4.45. The fraction of sp³-hybridized carbons (Fsp3) is 0.227. The number of phenolic OH excluding ortho intramolecular Hbond substituents is 1. The number of anilines is 2. The quantitative estimate of drug-likeness (QED) is 0.708. The van der Waals surface area contributed by atoms with Crippen LogP contribution in [0.5, 0.6) is 17.2 Å². The Morgan fingerprint density at radius 2 is 1.74 bits per heavy atom. The normalized spacial score (nSPS) is 16.4. The molecule has 1 saturated heterocycles. The number of nitrogens with zero attached hydrogens (tertiary/aromatic N) is 2. The largest absolute Gasteiger partial charge is 0.506 e. The highest BCUT2D eigenvalue weighted by Gasteiger charge is 2.33. The number of pyridine rings is 1. The number of hydrogen-bond donors (Lipinski definition) is 2. The first-order valence-corrected chi connectivity index (χ1v) is 9.35. The van der Waals surface area contributed by atoms with E-state index in [2.05, 4.69) is 21.3 Å². The van der Waals surface area contributed by atoms with Crippen LogP contribution in [-0.4, -0.2) is 29.2 Å². The summed E-state index contributed by atoms with van der Waals surface area (Å²) in [5.74, 6) is 1.77. The minimum Gasteiger partial charge on any atom is -0.506 e. The van der Waals surface area contributed by atoms with Crippen molar-refractivity contribution in [3.8, 4) is 28.4 Å². The van der Waals surface area contributed by atoms with Gasteiger partial charge < -0.3 is 20.1 Å². The zero-order valence-corrected chi connectivity index (χ0v) is 14.9. The molecule has 0 saturated carbocycles. The maximum absolute atomic E-state index is 11.0. The lowest BCUT2D eigenvalue weighted by Crippen LogP contribution is -2.41. The number of aromatic hydroxyl groups is 1. The van der Waals surface area contributed by atoms with Crippen molar-refractivity contribution in [2.75, 3.05) is 18.0 Å². The van der Waals surface area contributed by atoms with Crippen LogP contribution in [0.4, 0.5) is 11.4 Å². The second-order valence-electron chi connectivity index (χ2n) is 7.00. The third kappa shape index (κ3) is 2.80. The first-order valence-electron chi connectivity index (χ1n) is 9.35. The lowest BCUT2D eigenvalue weighted by molar-refractivity contribution is 0.413. The smallest absolute Gasteiger partial charge is 0.155 e. The number of benzene rings is 2. The third-order valence-electron chi connectivity index (χ3n) is 5.33. The molecule has 5 nitrogen and oxygen atoms in total. The van der Waals surface area contributed by atoms with E-state index < -0.39 is 0 Å². The summed E-state index contributed by atoms with van der Waals surface area (Å²) in [7, 11) is 0. The minimum atomic E-state index is 0.243. The summed E-state index contributed by atoms with van der Waals surface area (Å²) >= 11 is 0. The molecule has 0 unspecified atom stereocenters. The number of aromatic nitrogens is 1. The van der Waals surface area contributed by atoms with Crippen LogP contribution in [0, 0.1) is 0 Å². The van der Waals surface area contributed by atoms with Crippen LogP contribution >= 0.6 is 0 Å². The lowest BCUT2D eigenvalue weighted by Gasteiger charge is -2.40. The monoisotopic (exact) mass is 359 g/mol. The van der Waals surface area contributed by atoms with Crippen molar-refractivity contribution in [2.24, 2.45) is 0 Å². The number of para-hydroxylation sites is 2. The summed E-state index contributed by atoms with van der Waals surface area (Å²) in [6.07, 6.45) is 5.56. The predicted molar refractivity (Wildman–Crippen MR) is 106 cm³/mol. The molecule has 3 aromatic rings. The van der Waals surface area contributed by atoms with Gasteiger partial charge >= 0.3 is 0 Å². The number of nitrogens with one attached hydrogen (secondary N) is 1. The van der Waals surface area contributed by atoms with E-state index in [0.29, 0.717) is 11.8 Å². The highest BCUT2D eigenvalue weighted by Crippen LogP contribution is 2.53. The average molecular weight is 359 g/mol. The van der Waals surface area contributed by atoms with Gasteiger partial charge in [0.15, 0.2) is 11.5 Å². The van der Waals surface area contributed by atoms with Gasteiger partial charge in [0.25, 0.3) is 0 Å². The molecule has 136 valence electrons. The van der Waals surface area contributed by atoms with E-state index in [9.17, 15) is 5.11 Å². The van der Waals surface area contributed by atoms with E-state index in [1.54, 1.807) is 12.4 Å². The molecule has 0 radical (unpaired) electrons. The van der Waals surface area contributed by atoms with Gasteiger partial charge in [0.2, 0.25) is 0 Å². The molecule has 5 heteroatoms. The van der Waals surface area contributed by atoms with Gasteiger partial charge in [-0.15, -0.1) is 0 Å². The standard InChI is InChI=1S/C22H21N3O2/c26-19-13-16(15-5-9-23-10-6-15)14-21-22(19)25(17-7-11-24-12-8-17)18-3-1-2-4-20(18)27-21/h1-6,9-10,13-14,17,24,26H,7-8,11-12H2. The Morgan fingerprint density at radius 1 is 0.963 bits per heavy atom. The van der Waals surface area contributed by atoms with E-state index in [0.717, 1.165) is 54.2 Å². The molecular weight excluding hydrogens is 338 g/mol. The maximum atomic E-state index is 11.0. The molecule has 0 aliphatic carbocycles. The number of fused-ring (bicyclic) bond motifs is 2. The van der Waals surface area contributed by atoms with Crippen molar-refractivity contribution in [1.82, 2.24) is 10.3 Å². The molecule has 1 fully saturated rings. The topological polar surface area (TPSA) is 57.6 Å².